The molecule has 1 atom stereocenters. The summed E-state index contributed by atoms with van der Waals surface area (Å²) in [7, 11) is 1.65. The molecule has 126 valence electrons. The lowest BCUT2D eigenvalue weighted by atomic mass is 10.0. The van der Waals surface area contributed by atoms with Crippen molar-refractivity contribution < 1.29 is 9.53 Å². The van der Waals surface area contributed by atoms with Gasteiger partial charge in [0, 0.05) is 12.7 Å². The van der Waals surface area contributed by atoms with Crippen LogP contribution in [0.3, 0.4) is 0 Å². The molecule has 0 radical (unpaired) electrons. The predicted octanol–water partition coefficient (Wildman–Crippen LogP) is 4.20. The summed E-state index contributed by atoms with van der Waals surface area (Å²) in [6, 6.07) is 11.7. The second-order valence-corrected chi connectivity index (χ2v) is 6.97. The molecule has 1 fully saturated rings. The number of hydrogen-bond donors (Lipinski definition) is 0. The van der Waals surface area contributed by atoms with E-state index in [0.717, 1.165) is 30.7 Å². The van der Waals surface area contributed by atoms with Crippen LogP contribution in [-0.2, 0) is 4.79 Å². The van der Waals surface area contributed by atoms with Crippen molar-refractivity contribution in [3.8, 4) is 5.75 Å². The Bertz CT molecular complexity index is 708. The number of aromatic nitrogens is 1. The third kappa shape index (κ3) is 3.84. The first-order valence-corrected chi connectivity index (χ1v) is 9.22. The number of carbonyl (C=O) groups excluding carboxylic acids is 1. The molecule has 1 unspecified atom stereocenters. The fraction of sp³-hybridized carbons (Fsp3) is 0.333. The maximum absolute atomic E-state index is 12.6. The van der Waals surface area contributed by atoms with Crippen LogP contribution in [0.15, 0.2) is 47.6 Å². The first-order chi connectivity index (χ1) is 11.7. The second kappa shape index (κ2) is 7.90. The Morgan fingerprint density at radius 2 is 2.17 bits per heavy atom. The zero-order chi connectivity index (χ0) is 16.9. The van der Waals surface area contributed by atoms with Gasteiger partial charge in [0.1, 0.15) is 10.8 Å². The molecule has 0 saturated carbocycles. The zero-order valence-electron chi connectivity index (χ0n) is 13.4. The van der Waals surface area contributed by atoms with E-state index >= 15 is 0 Å². The second-order valence-electron chi connectivity index (χ2n) is 5.60. The summed E-state index contributed by atoms with van der Waals surface area (Å²) >= 11 is 7.49. The molecule has 0 N–H and O–H groups in total. The molecule has 1 aromatic heterocycles. The Balaban J connectivity index is 1.66. The van der Waals surface area contributed by atoms with Crippen molar-refractivity contribution in [1.29, 1.82) is 0 Å². The number of halogens is 1. The molecule has 2 aromatic rings. The van der Waals surface area contributed by atoms with Gasteiger partial charge in [-0.1, -0.05) is 35.5 Å². The Labute approximate surface area is 151 Å². The molecule has 1 aliphatic rings. The van der Waals surface area contributed by atoms with Gasteiger partial charge in [0.25, 0.3) is 0 Å². The van der Waals surface area contributed by atoms with Crippen LogP contribution in [0, 0.1) is 0 Å². The lowest BCUT2D eigenvalue weighted by Gasteiger charge is -2.25. The SMILES string of the molecule is COc1ccc(C2CCCN2C(=O)CSc2ncccc2Cl)cc1. The molecule has 0 aliphatic carbocycles. The number of ether oxygens (including phenoxy) is 1. The van der Waals surface area contributed by atoms with Crippen molar-refractivity contribution in [3.63, 3.8) is 0 Å². The van der Waals surface area contributed by atoms with Gasteiger partial charge in [-0.25, -0.2) is 4.98 Å². The number of amides is 1. The summed E-state index contributed by atoms with van der Waals surface area (Å²) in [6.07, 6.45) is 3.71. The Kier molecular flexibility index (Phi) is 5.63. The fourth-order valence-electron chi connectivity index (χ4n) is 2.93. The number of nitrogens with zero attached hydrogens (tertiary/aromatic N) is 2. The van der Waals surface area contributed by atoms with Crippen LogP contribution in [0.25, 0.3) is 0 Å². The number of methoxy groups -OCH3 is 1. The van der Waals surface area contributed by atoms with E-state index in [1.165, 1.54) is 11.8 Å². The first-order valence-electron chi connectivity index (χ1n) is 7.86. The largest absolute Gasteiger partial charge is 0.497 e. The van der Waals surface area contributed by atoms with Gasteiger partial charge in [0.2, 0.25) is 5.91 Å². The molecule has 4 nitrogen and oxygen atoms in total. The summed E-state index contributed by atoms with van der Waals surface area (Å²) in [5.41, 5.74) is 1.16. The van der Waals surface area contributed by atoms with E-state index < -0.39 is 0 Å². The topological polar surface area (TPSA) is 42.4 Å². The smallest absolute Gasteiger partial charge is 0.233 e. The van der Waals surface area contributed by atoms with E-state index in [0.29, 0.717) is 15.8 Å². The molecular weight excluding hydrogens is 344 g/mol. The van der Waals surface area contributed by atoms with Crippen LogP contribution in [0.2, 0.25) is 5.02 Å². The molecule has 0 spiro atoms. The van der Waals surface area contributed by atoms with E-state index in [4.69, 9.17) is 16.3 Å². The van der Waals surface area contributed by atoms with Crippen molar-refractivity contribution in [2.75, 3.05) is 19.4 Å². The minimum Gasteiger partial charge on any atom is -0.497 e. The van der Waals surface area contributed by atoms with E-state index in [-0.39, 0.29) is 11.9 Å². The minimum absolute atomic E-state index is 0.125. The number of thioether (sulfide) groups is 1. The molecule has 6 heteroatoms. The molecule has 3 rings (SSSR count). The lowest BCUT2D eigenvalue weighted by Crippen LogP contribution is -2.32. The number of pyridine rings is 1. The number of benzene rings is 1. The number of rotatable bonds is 5. The molecular formula is C18H19ClN2O2S. The maximum atomic E-state index is 12.6. The molecule has 24 heavy (non-hydrogen) atoms. The highest BCUT2D eigenvalue weighted by Gasteiger charge is 2.29. The van der Waals surface area contributed by atoms with Crippen molar-refractivity contribution in [2.24, 2.45) is 0 Å². The van der Waals surface area contributed by atoms with Crippen LogP contribution in [0.4, 0.5) is 0 Å². The summed E-state index contributed by atoms with van der Waals surface area (Å²) in [4.78, 5) is 18.8. The zero-order valence-corrected chi connectivity index (χ0v) is 15.0. The Morgan fingerprint density at radius 1 is 1.38 bits per heavy atom. The molecule has 1 amide bonds. The van der Waals surface area contributed by atoms with Crippen molar-refractivity contribution in [3.05, 3.63) is 53.2 Å². The van der Waals surface area contributed by atoms with Gasteiger partial charge in [0.05, 0.1) is 23.9 Å². The summed E-state index contributed by atoms with van der Waals surface area (Å²) in [6.45, 7) is 0.798. The average Bonchev–Trinajstić information content (AvgIpc) is 3.10. The third-order valence-electron chi connectivity index (χ3n) is 4.13. The number of likely N-dealkylation sites (tertiary alicyclic amines) is 1. The van der Waals surface area contributed by atoms with Crippen LogP contribution in [0.5, 0.6) is 5.75 Å². The molecule has 1 aromatic carbocycles. The summed E-state index contributed by atoms with van der Waals surface area (Å²) < 4.78 is 5.20. The highest BCUT2D eigenvalue weighted by Crippen LogP contribution is 2.34. The lowest BCUT2D eigenvalue weighted by molar-refractivity contribution is -0.129. The van der Waals surface area contributed by atoms with Gasteiger partial charge >= 0.3 is 0 Å². The summed E-state index contributed by atoms with van der Waals surface area (Å²) in [5, 5.41) is 1.29. The van der Waals surface area contributed by atoms with Crippen molar-refractivity contribution in [1.82, 2.24) is 9.88 Å². The van der Waals surface area contributed by atoms with Gasteiger partial charge in [-0.05, 0) is 42.7 Å². The van der Waals surface area contributed by atoms with E-state index in [1.54, 1.807) is 25.4 Å². The van der Waals surface area contributed by atoms with Crippen LogP contribution >= 0.6 is 23.4 Å². The van der Waals surface area contributed by atoms with Gasteiger partial charge < -0.3 is 9.64 Å². The van der Waals surface area contributed by atoms with Crippen LogP contribution in [-0.4, -0.2) is 35.2 Å². The fourth-order valence-corrected chi connectivity index (χ4v) is 3.98. The highest BCUT2D eigenvalue weighted by atomic mass is 35.5. The van der Waals surface area contributed by atoms with Crippen molar-refractivity contribution >= 4 is 29.3 Å². The highest BCUT2D eigenvalue weighted by molar-refractivity contribution is 8.00. The standard InChI is InChI=1S/C18H19ClN2O2S/c1-23-14-8-6-13(7-9-14)16-5-3-11-21(16)17(22)12-24-18-15(19)4-2-10-20-18/h2,4,6-10,16H,3,5,11-12H2,1H3. The minimum atomic E-state index is 0.125. The maximum Gasteiger partial charge on any atom is 0.233 e. The quantitative estimate of drug-likeness (QED) is 0.747. The third-order valence-corrected chi connectivity index (χ3v) is 5.54. The van der Waals surface area contributed by atoms with Crippen LogP contribution in [0.1, 0.15) is 24.4 Å². The Morgan fingerprint density at radius 3 is 2.88 bits per heavy atom. The van der Waals surface area contributed by atoms with Gasteiger partial charge in [0.15, 0.2) is 0 Å². The van der Waals surface area contributed by atoms with E-state index in [1.807, 2.05) is 29.2 Å². The van der Waals surface area contributed by atoms with Gasteiger partial charge in [-0.2, -0.15) is 0 Å². The summed E-state index contributed by atoms with van der Waals surface area (Å²) in [5.74, 6) is 1.30. The van der Waals surface area contributed by atoms with Gasteiger partial charge in [-0.3, -0.25) is 4.79 Å². The molecule has 1 aliphatic heterocycles. The molecule has 2 heterocycles. The number of hydrogen-bond acceptors (Lipinski definition) is 4. The average molecular weight is 363 g/mol. The van der Waals surface area contributed by atoms with Gasteiger partial charge in [-0.15, -0.1) is 0 Å². The Hall–Kier alpha value is -1.72. The number of carbonyl (C=O) groups is 1. The molecule has 0 bridgehead atoms. The van der Waals surface area contributed by atoms with E-state index in [2.05, 4.69) is 4.98 Å². The molecule has 1 saturated heterocycles. The predicted molar refractivity (Wildman–Crippen MR) is 96.7 cm³/mol. The van der Waals surface area contributed by atoms with E-state index in [9.17, 15) is 4.79 Å². The normalized spacial score (nSPS) is 17.1. The van der Waals surface area contributed by atoms with Crippen molar-refractivity contribution in [2.45, 2.75) is 23.9 Å². The first kappa shape index (κ1) is 17.1. The monoisotopic (exact) mass is 362 g/mol. The van der Waals surface area contributed by atoms with Crippen LogP contribution < -0.4 is 4.74 Å².